The van der Waals surface area contributed by atoms with E-state index in [-0.39, 0.29) is 11.5 Å². The Hall–Kier alpha value is -3.39. The Morgan fingerprint density at radius 2 is 2.10 bits per heavy atom. The third-order valence-corrected chi connectivity index (χ3v) is 5.49. The second-order valence-corrected chi connectivity index (χ2v) is 8.14. The maximum Gasteiger partial charge on any atom is 0.251 e. The third kappa shape index (κ3) is 4.86. The van der Waals surface area contributed by atoms with Gasteiger partial charge in [0.15, 0.2) is 5.82 Å². The first-order valence-corrected chi connectivity index (χ1v) is 11.3. The van der Waals surface area contributed by atoms with Crippen molar-refractivity contribution in [2.45, 2.75) is 19.4 Å². The first kappa shape index (κ1) is 20.9. The van der Waals surface area contributed by atoms with E-state index in [0.29, 0.717) is 29.2 Å². The van der Waals surface area contributed by atoms with Crippen molar-refractivity contribution in [2.24, 2.45) is 0 Å². The molecule has 4 aromatic rings. The Balaban J connectivity index is 1.64. The average Bonchev–Trinajstić information content (AvgIpc) is 3.15. The zero-order chi connectivity index (χ0) is 21.8. The maximum absolute atomic E-state index is 13.0. The lowest BCUT2D eigenvalue weighted by Crippen LogP contribution is -2.30. The van der Waals surface area contributed by atoms with Gasteiger partial charge in [-0.25, -0.2) is 4.98 Å². The Bertz CT molecular complexity index is 1270. The van der Waals surface area contributed by atoms with E-state index in [1.807, 2.05) is 25.3 Å². The van der Waals surface area contributed by atoms with Crippen LogP contribution in [0.15, 0.2) is 63.9 Å². The molecule has 0 aliphatic carbocycles. The first-order chi connectivity index (χ1) is 15.0. The van der Waals surface area contributed by atoms with Gasteiger partial charge in [-0.15, -0.1) is 0 Å². The minimum atomic E-state index is -0.411. The number of H-pyrrole nitrogens is 1. The highest BCUT2D eigenvalue weighted by atomic mass is 32.2. The molecule has 158 valence electrons. The monoisotopic (exact) mass is 434 g/mol. The maximum atomic E-state index is 13.0. The van der Waals surface area contributed by atoms with Gasteiger partial charge in [-0.05, 0) is 61.8 Å². The van der Waals surface area contributed by atoms with Crippen molar-refractivity contribution in [3.63, 3.8) is 0 Å². The Morgan fingerprint density at radius 1 is 1.23 bits per heavy atom. The van der Waals surface area contributed by atoms with Crippen LogP contribution in [0, 0.1) is 6.92 Å². The molecule has 7 nitrogen and oxygen atoms in total. The van der Waals surface area contributed by atoms with Crippen molar-refractivity contribution in [1.82, 2.24) is 20.3 Å². The summed E-state index contributed by atoms with van der Waals surface area (Å²) in [5.74, 6) is 1.74. The molecule has 3 heterocycles. The van der Waals surface area contributed by atoms with Crippen LogP contribution in [0.2, 0.25) is 0 Å². The standard InChI is InChI=1S/C23H22N4O3S/c1-14-11-16-12-15(6-7-20(16)30-14)23(29)26-17(8-10-31-2)19-13-21(28)27-22(25-19)18-5-3-4-9-24-18/h3-7,9,11-13,17H,8,10H2,1-2H3,(H,26,29)(H,25,27,28). The Labute approximate surface area is 183 Å². The summed E-state index contributed by atoms with van der Waals surface area (Å²) >= 11 is 1.67. The van der Waals surface area contributed by atoms with Gasteiger partial charge in [-0.2, -0.15) is 11.8 Å². The van der Waals surface area contributed by atoms with Crippen LogP contribution in [0.4, 0.5) is 0 Å². The number of carbonyl (C=O) groups is 1. The summed E-state index contributed by atoms with van der Waals surface area (Å²) in [5.41, 5.74) is 2.05. The van der Waals surface area contributed by atoms with Crippen molar-refractivity contribution in [3.05, 3.63) is 82.1 Å². The van der Waals surface area contributed by atoms with E-state index in [0.717, 1.165) is 22.5 Å². The van der Waals surface area contributed by atoms with Gasteiger partial charge in [0.1, 0.15) is 17.0 Å². The van der Waals surface area contributed by atoms with E-state index < -0.39 is 6.04 Å². The molecule has 0 aliphatic rings. The zero-order valence-corrected chi connectivity index (χ0v) is 18.0. The van der Waals surface area contributed by atoms with Crippen LogP contribution >= 0.6 is 11.8 Å². The highest BCUT2D eigenvalue weighted by Crippen LogP contribution is 2.22. The minimum Gasteiger partial charge on any atom is -0.461 e. The number of furan rings is 1. The van der Waals surface area contributed by atoms with E-state index >= 15 is 0 Å². The number of pyridine rings is 1. The van der Waals surface area contributed by atoms with Gasteiger partial charge in [0.25, 0.3) is 11.5 Å². The number of aromatic amines is 1. The molecule has 0 saturated carbocycles. The number of carbonyl (C=O) groups excluding carboxylic acids is 1. The van der Waals surface area contributed by atoms with Crippen molar-refractivity contribution in [1.29, 1.82) is 0 Å². The van der Waals surface area contributed by atoms with Crippen LogP contribution in [0.1, 0.15) is 34.3 Å². The quantitative estimate of drug-likeness (QED) is 0.454. The number of hydrogen-bond acceptors (Lipinski definition) is 6. The smallest absolute Gasteiger partial charge is 0.251 e. The van der Waals surface area contributed by atoms with Crippen LogP contribution in [0.3, 0.4) is 0 Å². The fourth-order valence-electron chi connectivity index (χ4n) is 3.37. The highest BCUT2D eigenvalue weighted by molar-refractivity contribution is 7.98. The van der Waals surface area contributed by atoms with Gasteiger partial charge >= 0.3 is 0 Å². The lowest BCUT2D eigenvalue weighted by Gasteiger charge is -2.18. The van der Waals surface area contributed by atoms with Crippen LogP contribution in [0.25, 0.3) is 22.5 Å². The first-order valence-electron chi connectivity index (χ1n) is 9.86. The molecule has 2 N–H and O–H groups in total. The van der Waals surface area contributed by atoms with Gasteiger partial charge < -0.3 is 14.7 Å². The van der Waals surface area contributed by atoms with Crippen molar-refractivity contribution >= 4 is 28.6 Å². The molecule has 0 bridgehead atoms. The van der Waals surface area contributed by atoms with E-state index in [2.05, 4.69) is 20.3 Å². The molecular weight excluding hydrogens is 412 g/mol. The highest BCUT2D eigenvalue weighted by Gasteiger charge is 2.19. The topological polar surface area (TPSA) is 101 Å². The van der Waals surface area contributed by atoms with Gasteiger partial charge in [0, 0.05) is 23.2 Å². The molecule has 1 amide bonds. The van der Waals surface area contributed by atoms with Gasteiger partial charge in [-0.3, -0.25) is 14.6 Å². The molecule has 0 saturated heterocycles. The summed E-state index contributed by atoms with van der Waals surface area (Å²) < 4.78 is 5.59. The zero-order valence-electron chi connectivity index (χ0n) is 17.2. The molecular formula is C23H22N4O3S. The number of amides is 1. The summed E-state index contributed by atoms with van der Waals surface area (Å²) in [5, 5.41) is 3.92. The van der Waals surface area contributed by atoms with Gasteiger partial charge in [-0.1, -0.05) is 6.07 Å². The predicted octanol–water partition coefficient (Wildman–Crippen LogP) is 4.11. The fourth-order valence-corrected chi connectivity index (χ4v) is 3.84. The molecule has 8 heteroatoms. The number of hydrogen-bond donors (Lipinski definition) is 2. The summed E-state index contributed by atoms with van der Waals surface area (Å²) in [7, 11) is 0. The van der Waals surface area contributed by atoms with Crippen LogP contribution in [0.5, 0.6) is 0 Å². The molecule has 1 atom stereocenters. The van der Waals surface area contributed by atoms with Gasteiger partial charge in [0.2, 0.25) is 0 Å². The number of nitrogens with zero attached hydrogens (tertiary/aromatic N) is 2. The third-order valence-electron chi connectivity index (χ3n) is 4.84. The lowest BCUT2D eigenvalue weighted by molar-refractivity contribution is 0.0935. The SMILES string of the molecule is CSCCC(NC(=O)c1ccc2oc(C)cc2c1)c1cc(=O)[nH]c(-c2ccccn2)n1. The molecule has 0 spiro atoms. The summed E-state index contributed by atoms with van der Waals surface area (Å²) in [6.45, 7) is 1.87. The van der Waals surface area contributed by atoms with E-state index in [1.54, 1.807) is 48.3 Å². The number of thioether (sulfide) groups is 1. The number of fused-ring (bicyclic) bond motifs is 1. The van der Waals surface area contributed by atoms with Crippen molar-refractivity contribution < 1.29 is 9.21 Å². The number of benzene rings is 1. The molecule has 0 aliphatic heterocycles. The molecule has 3 aromatic heterocycles. The molecule has 1 unspecified atom stereocenters. The molecule has 0 fully saturated rings. The number of nitrogens with one attached hydrogen (secondary N) is 2. The summed E-state index contributed by atoms with van der Waals surface area (Å²) in [6.07, 6.45) is 4.28. The van der Waals surface area contributed by atoms with Crippen LogP contribution < -0.4 is 10.9 Å². The Morgan fingerprint density at radius 3 is 2.87 bits per heavy atom. The number of rotatable bonds is 7. The van der Waals surface area contributed by atoms with Crippen LogP contribution in [-0.4, -0.2) is 32.9 Å². The molecule has 0 radical (unpaired) electrons. The summed E-state index contributed by atoms with van der Waals surface area (Å²) in [4.78, 5) is 36.9. The van der Waals surface area contributed by atoms with Gasteiger partial charge in [0.05, 0.1) is 11.7 Å². The molecule has 1 aromatic carbocycles. The van der Waals surface area contributed by atoms with E-state index in [1.165, 1.54) is 6.07 Å². The molecule has 31 heavy (non-hydrogen) atoms. The van der Waals surface area contributed by atoms with Crippen molar-refractivity contribution in [2.75, 3.05) is 12.0 Å². The van der Waals surface area contributed by atoms with E-state index in [4.69, 9.17) is 4.42 Å². The summed E-state index contributed by atoms with van der Waals surface area (Å²) in [6, 6.07) is 13.6. The molecule has 4 rings (SSSR count). The number of aromatic nitrogens is 3. The average molecular weight is 435 g/mol. The second-order valence-electron chi connectivity index (χ2n) is 7.15. The van der Waals surface area contributed by atoms with Crippen LogP contribution in [-0.2, 0) is 0 Å². The second kappa shape index (κ2) is 9.18. The van der Waals surface area contributed by atoms with E-state index in [9.17, 15) is 9.59 Å². The minimum absolute atomic E-state index is 0.228. The predicted molar refractivity (Wildman–Crippen MR) is 122 cm³/mol. The normalized spacial score (nSPS) is 12.1. The lowest BCUT2D eigenvalue weighted by atomic mass is 10.1. The largest absolute Gasteiger partial charge is 0.461 e. The number of aryl methyl sites for hydroxylation is 1. The van der Waals surface area contributed by atoms with Crippen molar-refractivity contribution in [3.8, 4) is 11.5 Å². The Kier molecular flexibility index (Phi) is 6.18. The fraction of sp³-hybridized carbons (Fsp3) is 0.217.